The lowest BCUT2D eigenvalue weighted by molar-refractivity contribution is 0.401. The molecule has 2 rings (SSSR count). The Balaban J connectivity index is 2.86. The van der Waals surface area contributed by atoms with Crippen LogP contribution < -0.4 is 9.47 Å². The molecule has 23 heavy (non-hydrogen) atoms. The number of nitrogens with zero attached hydrogens (tertiary/aromatic N) is 2. The lowest BCUT2D eigenvalue weighted by Crippen LogP contribution is -1.95. The van der Waals surface area contributed by atoms with Gasteiger partial charge in [-0.15, -0.1) is 0 Å². The molecule has 0 saturated carbocycles. The van der Waals surface area contributed by atoms with Gasteiger partial charge in [-0.1, -0.05) is 0 Å². The molecule has 6 nitrogen and oxygen atoms in total. The third-order valence-corrected chi connectivity index (χ3v) is 3.89. The molecular formula is C16H11BrN2O4. The number of benzene rings is 2. The van der Waals surface area contributed by atoms with Crippen LogP contribution in [0.4, 0.5) is 0 Å². The minimum atomic E-state index is -0.412. The van der Waals surface area contributed by atoms with E-state index in [2.05, 4.69) is 15.9 Å². The lowest BCUT2D eigenvalue weighted by atomic mass is 9.96. The van der Waals surface area contributed by atoms with E-state index in [1.165, 1.54) is 20.3 Å². The highest BCUT2D eigenvalue weighted by Gasteiger charge is 2.21. The maximum Gasteiger partial charge on any atom is 0.142 e. The van der Waals surface area contributed by atoms with Crippen molar-refractivity contribution in [3.05, 3.63) is 33.8 Å². The van der Waals surface area contributed by atoms with Crippen molar-refractivity contribution in [3.8, 4) is 46.3 Å². The van der Waals surface area contributed by atoms with Gasteiger partial charge in [0.2, 0.25) is 0 Å². The van der Waals surface area contributed by atoms with Crippen molar-refractivity contribution in [3.63, 3.8) is 0 Å². The number of hydrogen-bond acceptors (Lipinski definition) is 6. The normalized spacial score (nSPS) is 9.78. The molecular weight excluding hydrogens is 364 g/mol. The van der Waals surface area contributed by atoms with E-state index in [9.17, 15) is 10.2 Å². The van der Waals surface area contributed by atoms with Crippen LogP contribution in [0.3, 0.4) is 0 Å². The van der Waals surface area contributed by atoms with Crippen LogP contribution >= 0.6 is 15.9 Å². The topological polar surface area (TPSA) is 106 Å². The minimum absolute atomic E-state index is 0.153. The summed E-state index contributed by atoms with van der Waals surface area (Å²) >= 11 is 3.33. The average molecular weight is 375 g/mol. The van der Waals surface area contributed by atoms with Crippen LogP contribution in [0.25, 0.3) is 11.1 Å². The number of phenols is 2. The molecule has 0 aromatic heterocycles. The Hall–Kier alpha value is -2.90. The van der Waals surface area contributed by atoms with Gasteiger partial charge >= 0.3 is 0 Å². The van der Waals surface area contributed by atoms with Crippen LogP contribution in [0.1, 0.15) is 11.1 Å². The fraction of sp³-hybridized carbons (Fsp3) is 0.125. The molecule has 0 unspecified atom stereocenters. The van der Waals surface area contributed by atoms with Crippen molar-refractivity contribution < 1.29 is 19.7 Å². The van der Waals surface area contributed by atoms with E-state index in [0.29, 0.717) is 21.5 Å². The lowest BCUT2D eigenvalue weighted by Gasteiger charge is -2.15. The van der Waals surface area contributed by atoms with Crippen molar-refractivity contribution in [1.82, 2.24) is 0 Å². The standard InChI is InChI=1S/C16H11BrN2O4/c1-22-14-5-12(17)15(23-2)4-8(14)9-3-13(20)10(6-18)11(7-19)16(9)21/h3-5,20-21H,1-2H3. The predicted octanol–water partition coefficient (Wildman–Crippen LogP) is 3.29. The van der Waals surface area contributed by atoms with Gasteiger partial charge < -0.3 is 19.7 Å². The molecule has 0 aliphatic carbocycles. The first-order chi connectivity index (χ1) is 11.0. The fourth-order valence-corrected chi connectivity index (χ4v) is 2.64. The second kappa shape index (κ2) is 6.47. The van der Waals surface area contributed by atoms with E-state index in [1.54, 1.807) is 24.3 Å². The SMILES string of the molecule is COc1cc(-c2cc(O)c(C#N)c(C#N)c2O)c(OC)cc1Br. The number of halogens is 1. The number of nitriles is 2. The molecule has 0 spiro atoms. The highest BCUT2D eigenvalue weighted by Crippen LogP contribution is 2.45. The third kappa shape index (κ3) is 2.75. The van der Waals surface area contributed by atoms with Crippen molar-refractivity contribution >= 4 is 15.9 Å². The number of ether oxygens (including phenoxy) is 2. The van der Waals surface area contributed by atoms with Gasteiger partial charge in [-0.3, -0.25) is 0 Å². The Morgan fingerprint density at radius 3 is 2.04 bits per heavy atom. The van der Waals surface area contributed by atoms with E-state index in [-0.39, 0.29) is 16.7 Å². The third-order valence-electron chi connectivity index (χ3n) is 3.27. The summed E-state index contributed by atoms with van der Waals surface area (Å²) in [7, 11) is 2.93. The summed E-state index contributed by atoms with van der Waals surface area (Å²) in [4.78, 5) is 0. The van der Waals surface area contributed by atoms with E-state index >= 15 is 0 Å². The number of phenolic OH excluding ortho intramolecular Hbond substituents is 2. The number of aromatic hydroxyl groups is 2. The first-order valence-corrected chi connectivity index (χ1v) is 7.08. The fourth-order valence-electron chi connectivity index (χ4n) is 2.16. The number of rotatable bonds is 3. The molecule has 0 saturated heterocycles. The molecule has 0 aliphatic rings. The van der Waals surface area contributed by atoms with Crippen molar-refractivity contribution in [1.29, 1.82) is 10.5 Å². The molecule has 0 fully saturated rings. The maximum absolute atomic E-state index is 10.3. The Kier molecular flexibility index (Phi) is 4.63. The predicted molar refractivity (Wildman–Crippen MR) is 85.4 cm³/mol. The average Bonchev–Trinajstić information content (AvgIpc) is 2.55. The van der Waals surface area contributed by atoms with Crippen LogP contribution in [0.15, 0.2) is 22.7 Å². The van der Waals surface area contributed by atoms with Crippen LogP contribution in [0.2, 0.25) is 0 Å². The van der Waals surface area contributed by atoms with E-state index in [0.717, 1.165) is 0 Å². The molecule has 0 aliphatic heterocycles. The molecule has 116 valence electrons. The number of hydrogen-bond donors (Lipinski definition) is 2. The molecule has 0 radical (unpaired) electrons. The van der Waals surface area contributed by atoms with Crippen molar-refractivity contribution in [2.24, 2.45) is 0 Å². The first kappa shape index (κ1) is 16.5. The summed E-state index contributed by atoms with van der Waals surface area (Å²) in [6.07, 6.45) is 0. The second-order valence-corrected chi connectivity index (χ2v) is 5.31. The van der Waals surface area contributed by atoms with Gasteiger partial charge in [0.25, 0.3) is 0 Å². The summed E-state index contributed by atoms with van der Waals surface area (Å²) in [6, 6.07) is 7.86. The maximum atomic E-state index is 10.3. The van der Waals surface area contributed by atoms with Crippen molar-refractivity contribution in [2.75, 3.05) is 14.2 Å². The van der Waals surface area contributed by atoms with E-state index < -0.39 is 11.5 Å². The van der Waals surface area contributed by atoms with Crippen LogP contribution in [-0.2, 0) is 0 Å². The number of methoxy groups -OCH3 is 2. The summed E-state index contributed by atoms with van der Waals surface area (Å²) in [6.45, 7) is 0. The van der Waals surface area contributed by atoms with Crippen LogP contribution in [0.5, 0.6) is 23.0 Å². The summed E-state index contributed by atoms with van der Waals surface area (Å²) in [5, 5.41) is 38.5. The molecule has 0 atom stereocenters. The zero-order valence-corrected chi connectivity index (χ0v) is 13.8. The van der Waals surface area contributed by atoms with Gasteiger partial charge in [0.05, 0.1) is 18.7 Å². The van der Waals surface area contributed by atoms with Crippen LogP contribution in [-0.4, -0.2) is 24.4 Å². The van der Waals surface area contributed by atoms with Crippen molar-refractivity contribution in [2.45, 2.75) is 0 Å². The zero-order chi connectivity index (χ0) is 17.1. The Morgan fingerprint density at radius 1 is 0.913 bits per heavy atom. The Labute approximate surface area is 140 Å². The van der Waals surface area contributed by atoms with Gasteiger partial charge in [-0.2, -0.15) is 10.5 Å². The van der Waals surface area contributed by atoms with Crippen LogP contribution in [0, 0.1) is 22.7 Å². The Bertz CT molecular complexity index is 866. The molecule has 0 bridgehead atoms. The highest BCUT2D eigenvalue weighted by atomic mass is 79.9. The van der Waals surface area contributed by atoms with Gasteiger partial charge in [0, 0.05) is 11.1 Å². The molecule has 2 aromatic rings. The monoisotopic (exact) mass is 374 g/mol. The summed E-state index contributed by atoms with van der Waals surface area (Å²) in [5.41, 5.74) is -0.0229. The van der Waals surface area contributed by atoms with Gasteiger partial charge in [0.1, 0.15) is 46.3 Å². The zero-order valence-electron chi connectivity index (χ0n) is 12.2. The smallest absolute Gasteiger partial charge is 0.142 e. The highest BCUT2D eigenvalue weighted by molar-refractivity contribution is 9.10. The first-order valence-electron chi connectivity index (χ1n) is 6.29. The minimum Gasteiger partial charge on any atom is -0.506 e. The molecule has 0 amide bonds. The van der Waals surface area contributed by atoms with Gasteiger partial charge in [-0.25, -0.2) is 0 Å². The van der Waals surface area contributed by atoms with E-state index in [1.807, 2.05) is 0 Å². The largest absolute Gasteiger partial charge is 0.506 e. The molecule has 2 N–H and O–H groups in total. The molecule has 7 heteroatoms. The molecule has 2 aromatic carbocycles. The van der Waals surface area contributed by atoms with Gasteiger partial charge in [-0.05, 0) is 34.1 Å². The Morgan fingerprint density at radius 2 is 1.52 bits per heavy atom. The van der Waals surface area contributed by atoms with Gasteiger partial charge in [0.15, 0.2) is 0 Å². The molecule has 0 heterocycles. The van der Waals surface area contributed by atoms with E-state index in [4.69, 9.17) is 20.0 Å². The quantitative estimate of drug-likeness (QED) is 0.798. The summed E-state index contributed by atoms with van der Waals surface area (Å²) in [5.74, 6) is 0.0499. The summed E-state index contributed by atoms with van der Waals surface area (Å²) < 4.78 is 11.1. The second-order valence-electron chi connectivity index (χ2n) is 4.45.